The van der Waals surface area contributed by atoms with E-state index in [4.69, 9.17) is 16.3 Å². The zero-order valence-electron chi connectivity index (χ0n) is 17.0. The molecule has 1 aromatic carbocycles. The molecule has 0 spiro atoms. The van der Waals surface area contributed by atoms with Crippen LogP contribution < -0.4 is 15.6 Å². The third kappa shape index (κ3) is 4.44. The van der Waals surface area contributed by atoms with Gasteiger partial charge in [-0.2, -0.15) is 0 Å². The van der Waals surface area contributed by atoms with Crippen LogP contribution in [0.5, 0.6) is 5.75 Å². The topological polar surface area (TPSA) is 69.0 Å². The third-order valence-electron chi connectivity index (χ3n) is 4.89. The number of ether oxygens (including phenoxy) is 1. The Morgan fingerprint density at radius 3 is 2.90 bits per heavy atom. The molecule has 0 aliphatic rings. The van der Waals surface area contributed by atoms with E-state index in [1.54, 1.807) is 35.4 Å². The molecule has 0 aliphatic carbocycles. The summed E-state index contributed by atoms with van der Waals surface area (Å²) in [6.45, 7) is 6.25. The molecule has 3 heterocycles. The number of rotatable bonds is 7. The minimum atomic E-state index is -0.0923. The molecule has 7 heteroatoms. The van der Waals surface area contributed by atoms with Crippen LogP contribution in [0.1, 0.15) is 16.8 Å². The summed E-state index contributed by atoms with van der Waals surface area (Å²) >= 11 is 6.44. The number of fused-ring (bicyclic) bond motifs is 1. The second kappa shape index (κ2) is 9.02. The number of nitrogens with zero attached hydrogens (tertiary/aromatic N) is 3. The van der Waals surface area contributed by atoms with Crippen LogP contribution in [0, 0.1) is 6.92 Å². The molecule has 0 fully saturated rings. The van der Waals surface area contributed by atoms with Crippen molar-refractivity contribution in [3.05, 3.63) is 106 Å². The number of aromatic nitrogens is 3. The Bertz CT molecular complexity index is 1320. The van der Waals surface area contributed by atoms with Crippen LogP contribution in [0.3, 0.4) is 0 Å². The first-order valence-corrected chi connectivity index (χ1v) is 10.1. The molecule has 3 aromatic heterocycles. The molecule has 0 saturated carbocycles. The number of nitrogens with one attached hydrogen (secondary N) is 1. The van der Waals surface area contributed by atoms with Crippen LogP contribution >= 0.6 is 11.6 Å². The second-order valence-corrected chi connectivity index (χ2v) is 7.43. The Hall–Kier alpha value is -3.64. The maximum Gasteiger partial charge on any atom is 0.250 e. The first-order valence-electron chi connectivity index (χ1n) is 9.74. The fourth-order valence-electron chi connectivity index (χ4n) is 3.42. The Kier molecular flexibility index (Phi) is 6.00. The Labute approximate surface area is 184 Å². The summed E-state index contributed by atoms with van der Waals surface area (Å²) in [5.41, 5.74) is 4.02. The number of pyridine rings is 3. The van der Waals surface area contributed by atoms with E-state index < -0.39 is 0 Å². The zero-order valence-corrected chi connectivity index (χ0v) is 17.8. The maximum absolute atomic E-state index is 12.1. The van der Waals surface area contributed by atoms with Gasteiger partial charge >= 0.3 is 0 Å². The van der Waals surface area contributed by atoms with Crippen LogP contribution in [0.4, 0.5) is 5.69 Å². The number of hydrogen-bond donors (Lipinski definition) is 1. The normalized spacial score (nSPS) is 10.8. The summed E-state index contributed by atoms with van der Waals surface area (Å²) in [7, 11) is 0. The molecule has 31 heavy (non-hydrogen) atoms. The van der Waals surface area contributed by atoms with E-state index in [-0.39, 0.29) is 12.2 Å². The van der Waals surface area contributed by atoms with E-state index in [2.05, 4.69) is 21.9 Å². The summed E-state index contributed by atoms with van der Waals surface area (Å²) in [4.78, 5) is 21.0. The van der Waals surface area contributed by atoms with Gasteiger partial charge in [0.15, 0.2) is 0 Å². The predicted molar refractivity (Wildman–Crippen MR) is 124 cm³/mol. The van der Waals surface area contributed by atoms with Crippen LogP contribution in [-0.4, -0.2) is 14.5 Å². The SMILES string of the molecule is C=CNc1cc(C)nc2c(OCc3c(Cl)cncc3Cn3ccccc3=O)cccc12. The molecule has 0 radical (unpaired) electrons. The largest absolute Gasteiger partial charge is 0.487 e. The number of halogens is 1. The number of aryl methyl sites for hydroxylation is 1. The van der Waals surface area contributed by atoms with E-state index in [1.165, 1.54) is 6.07 Å². The molecule has 0 bridgehead atoms. The van der Waals surface area contributed by atoms with E-state index in [9.17, 15) is 4.79 Å². The van der Waals surface area contributed by atoms with Crippen molar-refractivity contribution in [3.63, 3.8) is 0 Å². The summed E-state index contributed by atoms with van der Waals surface area (Å²) in [6.07, 6.45) is 6.66. The molecule has 156 valence electrons. The van der Waals surface area contributed by atoms with Crippen LogP contribution in [-0.2, 0) is 13.2 Å². The molecule has 0 aliphatic heterocycles. The average Bonchev–Trinajstić information content (AvgIpc) is 2.75. The number of hydrogen-bond acceptors (Lipinski definition) is 5. The van der Waals surface area contributed by atoms with Gasteiger partial charge in [-0.05, 0) is 36.9 Å². The van der Waals surface area contributed by atoms with Crippen molar-refractivity contribution in [3.8, 4) is 5.75 Å². The number of para-hydroxylation sites is 1. The van der Waals surface area contributed by atoms with E-state index in [0.717, 1.165) is 33.4 Å². The molecular formula is C24H21ClN4O2. The molecule has 6 nitrogen and oxygen atoms in total. The fourth-order valence-corrected chi connectivity index (χ4v) is 3.65. The lowest BCUT2D eigenvalue weighted by Crippen LogP contribution is -2.19. The van der Waals surface area contributed by atoms with Crippen molar-refractivity contribution in [2.24, 2.45) is 0 Å². The zero-order chi connectivity index (χ0) is 21.8. The third-order valence-corrected chi connectivity index (χ3v) is 5.22. The molecule has 0 unspecified atom stereocenters. The summed E-state index contributed by atoms with van der Waals surface area (Å²) in [5.74, 6) is 0.643. The Morgan fingerprint density at radius 1 is 1.23 bits per heavy atom. The van der Waals surface area contributed by atoms with Gasteiger partial charge < -0.3 is 14.6 Å². The second-order valence-electron chi connectivity index (χ2n) is 7.03. The minimum Gasteiger partial charge on any atom is -0.487 e. The van der Waals surface area contributed by atoms with Gasteiger partial charge in [0.25, 0.3) is 5.56 Å². The monoisotopic (exact) mass is 432 g/mol. The highest BCUT2D eigenvalue weighted by molar-refractivity contribution is 6.31. The quantitative estimate of drug-likeness (QED) is 0.448. The fraction of sp³-hybridized carbons (Fsp3) is 0.125. The standard InChI is InChI=1S/C24H21ClN4O2/c1-3-27-21-11-16(2)28-24-18(21)7-6-8-22(24)31-15-19-17(12-26-13-20(19)25)14-29-10-5-4-9-23(29)30/h3-13H,1,14-15H2,2H3,(H,27,28). The van der Waals surface area contributed by atoms with Crippen molar-refractivity contribution in [2.45, 2.75) is 20.1 Å². The van der Waals surface area contributed by atoms with E-state index in [1.807, 2.05) is 37.3 Å². The molecule has 4 rings (SSSR count). The molecule has 1 N–H and O–H groups in total. The lowest BCUT2D eigenvalue weighted by atomic mass is 10.1. The van der Waals surface area contributed by atoms with Crippen LogP contribution in [0.25, 0.3) is 10.9 Å². The van der Waals surface area contributed by atoms with Gasteiger partial charge in [-0.25, -0.2) is 4.98 Å². The Balaban J connectivity index is 1.67. The first kappa shape index (κ1) is 20.6. The molecule has 0 amide bonds. The molecule has 0 atom stereocenters. The smallest absolute Gasteiger partial charge is 0.250 e. The molecular weight excluding hydrogens is 412 g/mol. The van der Waals surface area contributed by atoms with Gasteiger partial charge in [0.2, 0.25) is 0 Å². The minimum absolute atomic E-state index is 0.0923. The van der Waals surface area contributed by atoms with E-state index in [0.29, 0.717) is 17.3 Å². The van der Waals surface area contributed by atoms with Crippen molar-refractivity contribution >= 4 is 28.2 Å². The van der Waals surface area contributed by atoms with Gasteiger partial charge in [-0.15, -0.1) is 0 Å². The number of anilines is 1. The van der Waals surface area contributed by atoms with Crippen LogP contribution in [0.2, 0.25) is 5.02 Å². The first-order chi connectivity index (χ1) is 15.1. The lowest BCUT2D eigenvalue weighted by Gasteiger charge is -2.15. The van der Waals surface area contributed by atoms with Gasteiger partial charge in [0, 0.05) is 47.0 Å². The van der Waals surface area contributed by atoms with Crippen molar-refractivity contribution in [1.29, 1.82) is 0 Å². The Morgan fingerprint density at radius 2 is 2.10 bits per heavy atom. The van der Waals surface area contributed by atoms with Gasteiger partial charge in [0.1, 0.15) is 17.9 Å². The predicted octanol–water partition coefficient (Wildman–Crippen LogP) is 4.94. The maximum atomic E-state index is 12.1. The highest BCUT2D eigenvalue weighted by Gasteiger charge is 2.13. The highest BCUT2D eigenvalue weighted by Crippen LogP contribution is 2.31. The summed E-state index contributed by atoms with van der Waals surface area (Å²) in [5, 5.41) is 4.57. The van der Waals surface area contributed by atoms with Gasteiger partial charge in [-0.1, -0.05) is 36.4 Å². The lowest BCUT2D eigenvalue weighted by molar-refractivity contribution is 0.308. The number of benzene rings is 1. The summed E-state index contributed by atoms with van der Waals surface area (Å²) < 4.78 is 7.77. The van der Waals surface area contributed by atoms with E-state index >= 15 is 0 Å². The van der Waals surface area contributed by atoms with Crippen LogP contribution in [0.15, 0.2) is 78.6 Å². The van der Waals surface area contributed by atoms with Gasteiger partial charge in [0.05, 0.1) is 11.6 Å². The molecule has 0 saturated heterocycles. The van der Waals surface area contributed by atoms with Gasteiger partial charge in [-0.3, -0.25) is 9.78 Å². The average molecular weight is 433 g/mol. The van der Waals surface area contributed by atoms with Crippen molar-refractivity contribution < 1.29 is 4.74 Å². The van der Waals surface area contributed by atoms with Crippen molar-refractivity contribution in [2.75, 3.05) is 5.32 Å². The highest BCUT2D eigenvalue weighted by atomic mass is 35.5. The molecule has 4 aromatic rings. The van der Waals surface area contributed by atoms with Crippen molar-refractivity contribution in [1.82, 2.24) is 14.5 Å². The summed E-state index contributed by atoms with van der Waals surface area (Å²) in [6, 6.07) is 12.8.